The van der Waals surface area contributed by atoms with Crippen LogP contribution in [0.3, 0.4) is 0 Å². The third-order valence-electron chi connectivity index (χ3n) is 4.26. The number of carbonyl (C=O) groups is 2. The van der Waals surface area contributed by atoms with E-state index in [0.717, 1.165) is 32.5 Å². The lowest BCUT2D eigenvalue weighted by Gasteiger charge is -2.32. The third kappa shape index (κ3) is 6.67. The smallest absolute Gasteiger partial charge is 0.412 e. The van der Waals surface area contributed by atoms with E-state index in [1.165, 1.54) is 6.42 Å². The molecule has 0 aromatic heterocycles. The molecule has 1 aromatic rings. The van der Waals surface area contributed by atoms with Gasteiger partial charge in [-0.15, -0.1) is 0 Å². The van der Waals surface area contributed by atoms with Gasteiger partial charge in [-0.1, -0.05) is 6.92 Å². The first-order valence-electron chi connectivity index (χ1n) is 9.40. The van der Waals surface area contributed by atoms with Crippen molar-refractivity contribution in [3.8, 4) is 0 Å². The van der Waals surface area contributed by atoms with Crippen molar-refractivity contribution in [2.75, 3.05) is 25.0 Å². The van der Waals surface area contributed by atoms with E-state index in [-0.39, 0.29) is 11.9 Å². The maximum atomic E-state index is 12.4. The molecule has 2 rings (SSSR count). The Bertz CT molecular complexity index is 600. The highest BCUT2D eigenvalue weighted by Crippen LogP contribution is 2.15. The zero-order valence-corrected chi connectivity index (χ0v) is 16.3. The Morgan fingerprint density at radius 3 is 2.31 bits per heavy atom. The first kappa shape index (κ1) is 20.2. The van der Waals surface area contributed by atoms with Crippen LogP contribution in [0.1, 0.15) is 57.3 Å². The number of rotatable bonds is 5. The summed E-state index contributed by atoms with van der Waals surface area (Å²) in [5.74, 6) is -0.0669. The second-order valence-electron chi connectivity index (χ2n) is 7.79. The summed E-state index contributed by atoms with van der Waals surface area (Å²) in [5, 5.41) is 5.78. The maximum Gasteiger partial charge on any atom is 0.412 e. The van der Waals surface area contributed by atoms with E-state index in [1.807, 2.05) is 20.8 Å². The highest BCUT2D eigenvalue weighted by atomic mass is 16.6. The molecule has 26 heavy (non-hydrogen) atoms. The summed E-state index contributed by atoms with van der Waals surface area (Å²) in [6.07, 6.45) is 2.64. The lowest BCUT2D eigenvalue weighted by atomic mass is 10.0. The molecule has 1 fully saturated rings. The van der Waals surface area contributed by atoms with Crippen molar-refractivity contribution in [1.29, 1.82) is 0 Å². The number of piperidine rings is 1. The zero-order valence-electron chi connectivity index (χ0n) is 16.3. The molecule has 6 nitrogen and oxygen atoms in total. The van der Waals surface area contributed by atoms with E-state index >= 15 is 0 Å². The van der Waals surface area contributed by atoms with Gasteiger partial charge in [0.15, 0.2) is 0 Å². The third-order valence-corrected chi connectivity index (χ3v) is 4.26. The standard InChI is InChI=1S/C20H31N3O3/c1-5-12-23-13-10-17(11-14-23)21-18(24)15-6-8-16(9-7-15)22-19(25)26-20(2,3)4/h6-9,17H,5,10-14H2,1-4H3,(H,21,24)(H,22,25). The zero-order chi connectivity index (χ0) is 19.2. The van der Waals surface area contributed by atoms with Gasteiger partial charge in [-0.05, 0) is 70.8 Å². The molecule has 1 aromatic carbocycles. The van der Waals surface area contributed by atoms with Crippen LogP contribution >= 0.6 is 0 Å². The summed E-state index contributed by atoms with van der Waals surface area (Å²) in [4.78, 5) is 26.6. The lowest BCUT2D eigenvalue weighted by Crippen LogP contribution is -2.44. The summed E-state index contributed by atoms with van der Waals surface area (Å²) in [7, 11) is 0. The number of ether oxygens (including phenoxy) is 1. The van der Waals surface area contributed by atoms with Gasteiger partial charge in [-0.3, -0.25) is 10.1 Å². The normalized spacial score (nSPS) is 16.2. The van der Waals surface area contributed by atoms with Crippen molar-refractivity contribution >= 4 is 17.7 Å². The Morgan fingerprint density at radius 2 is 1.77 bits per heavy atom. The van der Waals surface area contributed by atoms with Crippen LogP contribution in [0.25, 0.3) is 0 Å². The number of anilines is 1. The minimum Gasteiger partial charge on any atom is -0.444 e. The van der Waals surface area contributed by atoms with E-state index in [9.17, 15) is 9.59 Å². The molecule has 0 bridgehead atoms. The molecule has 1 heterocycles. The lowest BCUT2D eigenvalue weighted by molar-refractivity contribution is 0.0635. The number of nitrogens with zero attached hydrogens (tertiary/aromatic N) is 1. The molecule has 1 aliphatic heterocycles. The fourth-order valence-corrected chi connectivity index (χ4v) is 3.01. The minimum atomic E-state index is -0.545. The molecule has 0 atom stereocenters. The number of nitrogens with one attached hydrogen (secondary N) is 2. The molecule has 2 amide bonds. The summed E-state index contributed by atoms with van der Waals surface area (Å²) in [5.41, 5.74) is 0.649. The Balaban J connectivity index is 1.82. The van der Waals surface area contributed by atoms with Crippen LogP contribution in [0.5, 0.6) is 0 Å². The first-order valence-corrected chi connectivity index (χ1v) is 9.40. The van der Waals surface area contributed by atoms with Gasteiger partial charge in [-0.2, -0.15) is 0 Å². The van der Waals surface area contributed by atoms with Crippen LogP contribution in [0.15, 0.2) is 24.3 Å². The number of benzene rings is 1. The van der Waals surface area contributed by atoms with Gasteiger partial charge in [-0.25, -0.2) is 4.79 Å². The van der Waals surface area contributed by atoms with Gasteiger partial charge in [0.05, 0.1) is 0 Å². The van der Waals surface area contributed by atoms with Crippen LogP contribution in [0, 0.1) is 0 Å². The van der Waals surface area contributed by atoms with Gasteiger partial charge in [0.2, 0.25) is 0 Å². The van der Waals surface area contributed by atoms with Crippen LogP contribution in [0.4, 0.5) is 10.5 Å². The fraction of sp³-hybridized carbons (Fsp3) is 0.600. The van der Waals surface area contributed by atoms with Crippen LogP contribution in [0.2, 0.25) is 0 Å². The Kier molecular flexibility index (Phi) is 7.03. The highest BCUT2D eigenvalue weighted by Gasteiger charge is 2.21. The van der Waals surface area contributed by atoms with Crippen molar-refractivity contribution in [3.05, 3.63) is 29.8 Å². The Hall–Kier alpha value is -2.08. The Labute approximate surface area is 156 Å². The first-order chi connectivity index (χ1) is 12.3. The molecule has 0 saturated carbocycles. The average molecular weight is 361 g/mol. The van der Waals surface area contributed by atoms with Crippen LogP contribution in [-0.2, 0) is 4.74 Å². The van der Waals surface area contributed by atoms with Gasteiger partial charge < -0.3 is 15.0 Å². The van der Waals surface area contributed by atoms with Crippen molar-refractivity contribution < 1.29 is 14.3 Å². The molecular weight excluding hydrogens is 330 g/mol. The van der Waals surface area contributed by atoms with Gasteiger partial charge >= 0.3 is 6.09 Å². The molecule has 144 valence electrons. The molecule has 1 aliphatic rings. The van der Waals surface area contributed by atoms with E-state index in [0.29, 0.717) is 11.3 Å². The topological polar surface area (TPSA) is 70.7 Å². The monoisotopic (exact) mass is 361 g/mol. The molecule has 0 unspecified atom stereocenters. The quantitative estimate of drug-likeness (QED) is 0.840. The van der Waals surface area contributed by atoms with Gasteiger partial charge in [0.25, 0.3) is 5.91 Å². The van der Waals surface area contributed by atoms with Crippen molar-refractivity contribution in [3.63, 3.8) is 0 Å². The molecule has 0 aliphatic carbocycles. The second-order valence-corrected chi connectivity index (χ2v) is 7.79. The van der Waals surface area contributed by atoms with E-state index < -0.39 is 11.7 Å². The van der Waals surface area contributed by atoms with E-state index in [2.05, 4.69) is 22.5 Å². The maximum absolute atomic E-state index is 12.4. The van der Waals surface area contributed by atoms with Crippen LogP contribution in [-0.4, -0.2) is 48.2 Å². The number of carbonyl (C=O) groups excluding carboxylic acids is 2. The minimum absolute atomic E-state index is 0.0669. The number of hydrogen-bond acceptors (Lipinski definition) is 4. The predicted molar refractivity (Wildman–Crippen MR) is 104 cm³/mol. The predicted octanol–water partition coefficient (Wildman–Crippen LogP) is 3.64. The second kappa shape index (κ2) is 9.03. The van der Waals surface area contributed by atoms with Crippen LogP contribution < -0.4 is 10.6 Å². The Morgan fingerprint density at radius 1 is 1.15 bits per heavy atom. The number of hydrogen-bond donors (Lipinski definition) is 2. The van der Waals surface area contributed by atoms with E-state index in [1.54, 1.807) is 24.3 Å². The molecule has 0 spiro atoms. The summed E-state index contributed by atoms with van der Waals surface area (Å²) in [6.45, 7) is 10.8. The summed E-state index contributed by atoms with van der Waals surface area (Å²) < 4.78 is 5.21. The average Bonchev–Trinajstić information content (AvgIpc) is 2.55. The largest absolute Gasteiger partial charge is 0.444 e. The molecule has 0 radical (unpaired) electrons. The molecule has 6 heteroatoms. The SMILES string of the molecule is CCCN1CCC(NC(=O)c2ccc(NC(=O)OC(C)(C)C)cc2)CC1. The number of amides is 2. The van der Waals surface area contributed by atoms with Crippen molar-refractivity contribution in [1.82, 2.24) is 10.2 Å². The van der Waals surface area contributed by atoms with Crippen molar-refractivity contribution in [2.45, 2.75) is 58.6 Å². The fourth-order valence-electron chi connectivity index (χ4n) is 3.01. The number of likely N-dealkylation sites (tertiary alicyclic amines) is 1. The highest BCUT2D eigenvalue weighted by molar-refractivity contribution is 5.95. The van der Waals surface area contributed by atoms with Gasteiger partial charge in [0, 0.05) is 30.4 Å². The van der Waals surface area contributed by atoms with Gasteiger partial charge in [0.1, 0.15) is 5.60 Å². The van der Waals surface area contributed by atoms with E-state index in [4.69, 9.17) is 4.74 Å². The molecule has 2 N–H and O–H groups in total. The summed E-state index contributed by atoms with van der Waals surface area (Å²) >= 11 is 0. The van der Waals surface area contributed by atoms with Crippen molar-refractivity contribution in [2.24, 2.45) is 0 Å². The molecular formula is C20H31N3O3. The molecule has 1 saturated heterocycles. The summed E-state index contributed by atoms with van der Waals surface area (Å²) in [6, 6.07) is 7.09.